The topological polar surface area (TPSA) is 63.3 Å². The first kappa shape index (κ1) is 13.8. The first-order valence-electron chi connectivity index (χ1n) is 6.76. The van der Waals surface area contributed by atoms with Crippen LogP contribution in [0.2, 0.25) is 0 Å². The van der Waals surface area contributed by atoms with Gasteiger partial charge in [-0.1, -0.05) is 32.0 Å². The highest BCUT2D eigenvalue weighted by Crippen LogP contribution is 2.35. The fourth-order valence-electron chi connectivity index (χ4n) is 2.30. The number of carboxylic acid groups (broad SMARTS) is 1. The number of hydrogen-bond acceptors (Lipinski definition) is 4. The molecule has 21 heavy (non-hydrogen) atoms. The molecule has 0 aliphatic rings. The summed E-state index contributed by atoms with van der Waals surface area (Å²) in [6.07, 6.45) is 2.31. The lowest BCUT2D eigenvalue weighted by atomic mass is 10.1. The number of fused-ring (bicyclic) bond motifs is 1. The van der Waals surface area contributed by atoms with E-state index >= 15 is 0 Å². The molecule has 0 saturated carbocycles. The molecule has 108 valence electrons. The summed E-state index contributed by atoms with van der Waals surface area (Å²) in [5.41, 5.74) is 2.29. The summed E-state index contributed by atoms with van der Waals surface area (Å²) in [4.78, 5) is 16.3. The maximum absolute atomic E-state index is 11.4. The molecule has 0 fully saturated rings. The van der Waals surface area contributed by atoms with E-state index < -0.39 is 5.97 Å². The van der Waals surface area contributed by atoms with Crippen molar-refractivity contribution in [1.29, 1.82) is 0 Å². The van der Waals surface area contributed by atoms with Crippen molar-refractivity contribution in [2.24, 2.45) is 5.92 Å². The number of thiazole rings is 1. The fraction of sp³-hybridized carbons (Fsp3) is 0.250. The van der Waals surface area contributed by atoms with Crippen LogP contribution in [0.4, 0.5) is 0 Å². The Morgan fingerprint density at radius 3 is 2.86 bits per heavy atom. The van der Waals surface area contributed by atoms with Crippen LogP contribution < -0.4 is 0 Å². The highest BCUT2D eigenvalue weighted by Gasteiger charge is 2.20. The van der Waals surface area contributed by atoms with E-state index in [-0.39, 0.29) is 0 Å². The third-order valence-electron chi connectivity index (χ3n) is 3.20. The zero-order valence-electron chi connectivity index (χ0n) is 11.8. The van der Waals surface area contributed by atoms with Gasteiger partial charge in [-0.25, -0.2) is 9.78 Å². The zero-order chi connectivity index (χ0) is 15.0. The molecule has 2 heterocycles. The van der Waals surface area contributed by atoms with Crippen molar-refractivity contribution in [2.75, 3.05) is 0 Å². The number of rotatable bonds is 4. The standard InChI is InChI=1S/C16H15NO3S/c1-9(2)7-12-14(16(18)19)21-15(17-12)11-8-20-13-6-4-3-5-10(11)13/h3-6,8-9H,7H2,1-2H3,(H,18,19). The van der Waals surface area contributed by atoms with Crippen LogP contribution in [0.3, 0.4) is 0 Å². The van der Waals surface area contributed by atoms with E-state index in [9.17, 15) is 9.90 Å². The number of para-hydroxylation sites is 1. The number of carbonyl (C=O) groups is 1. The number of carboxylic acids is 1. The first-order valence-corrected chi connectivity index (χ1v) is 7.57. The molecule has 0 spiro atoms. The average molecular weight is 301 g/mol. The summed E-state index contributed by atoms with van der Waals surface area (Å²) in [7, 11) is 0. The van der Waals surface area contributed by atoms with Gasteiger partial charge in [0.1, 0.15) is 21.7 Å². The minimum atomic E-state index is -0.915. The van der Waals surface area contributed by atoms with E-state index in [0.717, 1.165) is 16.5 Å². The quantitative estimate of drug-likeness (QED) is 0.773. The van der Waals surface area contributed by atoms with E-state index in [0.29, 0.717) is 27.9 Å². The van der Waals surface area contributed by atoms with Gasteiger partial charge in [-0.15, -0.1) is 11.3 Å². The highest BCUT2D eigenvalue weighted by molar-refractivity contribution is 7.17. The summed E-state index contributed by atoms with van der Waals surface area (Å²) in [5, 5.41) is 11.0. The molecule has 0 unspecified atom stereocenters. The highest BCUT2D eigenvalue weighted by atomic mass is 32.1. The fourth-order valence-corrected chi connectivity index (χ4v) is 3.25. The molecule has 0 radical (unpaired) electrons. The maximum atomic E-state index is 11.4. The summed E-state index contributed by atoms with van der Waals surface area (Å²) in [6, 6.07) is 7.68. The van der Waals surface area contributed by atoms with Crippen molar-refractivity contribution < 1.29 is 14.3 Å². The van der Waals surface area contributed by atoms with Crippen LogP contribution in [0.5, 0.6) is 0 Å². The third-order valence-corrected chi connectivity index (χ3v) is 4.32. The van der Waals surface area contributed by atoms with Gasteiger partial charge in [0.25, 0.3) is 0 Å². The largest absolute Gasteiger partial charge is 0.477 e. The molecule has 0 bridgehead atoms. The number of aromatic nitrogens is 1. The minimum absolute atomic E-state index is 0.323. The second-order valence-electron chi connectivity index (χ2n) is 5.34. The lowest BCUT2D eigenvalue weighted by Gasteiger charge is -2.01. The van der Waals surface area contributed by atoms with Crippen LogP contribution in [0.1, 0.15) is 29.2 Å². The molecule has 1 N–H and O–H groups in total. The Labute approximate surface area is 126 Å². The Bertz CT molecular complexity index is 801. The minimum Gasteiger partial charge on any atom is -0.477 e. The van der Waals surface area contributed by atoms with Gasteiger partial charge in [-0.2, -0.15) is 0 Å². The maximum Gasteiger partial charge on any atom is 0.347 e. The molecule has 3 aromatic rings. The van der Waals surface area contributed by atoms with Gasteiger partial charge in [-0.3, -0.25) is 0 Å². The van der Waals surface area contributed by atoms with Gasteiger partial charge in [0, 0.05) is 5.39 Å². The number of hydrogen-bond donors (Lipinski definition) is 1. The molecule has 0 saturated heterocycles. The number of nitrogens with zero attached hydrogens (tertiary/aromatic N) is 1. The second kappa shape index (κ2) is 5.33. The second-order valence-corrected chi connectivity index (χ2v) is 6.34. The van der Waals surface area contributed by atoms with E-state index in [1.165, 1.54) is 11.3 Å². The van der Waals surface area contributed by atoms with Crippen molar-refractivity contribution in [1.82, 2.24) is 4.98 Å². The number of aromatic carboxylic acids is 1. The van der Waals surface area contributed by atoms with Gasteiger partial charge in [0.15, 0.2) is 0 Å². The molecule has 0 aliphatic heterocycles. The van der Waals surface area contributed by atoms with Gasteiger partial charge < -0.3 is 9.52 Å². The lowest BCUT2D eigenvalue weighted by Crippen LogP contribution is -2.02. The molecular weight excluding hydrogens is 286 g/mol. The van der Waals surface area contributed by atoms with E-state index in [1.54, 1.807) is 6.26 Å². The van der Waals surface area contributed by atoms with Crippen molar-refractivity contribution in [3.8, 4) is 10.6 Å². The van der Waals surface area contributed by atoms with Gasteiger partial charge >= 0.3 is 5.97 Å². The molecule has 1 aromatic carbocycles. The average Bonchev–Trinajstić information content (AvgIpc) is 3.01. The normalized spacial score (nSPS) is 11.4. The van der Waals surface area contributed by atoms with Crippen LogP contribution >= 0.6 is 11.3 Å². The summed E-state index contributed by atoms with van der Waals surface area (Å²) in [5.74, 6) is -0.554. The van der Waals surface area contributed by atoms with Crippen LogP contribution in [0, 0.1) is 5.92 Å². The molecule has 0 atom stereocenters. The van der Waals surface area contributed by atoms with Gasteiger partial charge in [0.05, 0.1) is 11.3 Å². The van der Waals surface area contributed by atoms with Gasteiger partial charge in [-0.05, 0) is 18.4 Å². The smallest absolute Gasteiger partial charge is 0.347 e. The predicted molar refractivity (Wildman–Crippen MR) is 82.8 cm³/mol. The monoisotopic (exact) mass is 301 g/mol. The van der Waals surface area contributed by atoms with Gasteiger partial charge in [0.2, 0.25) is 0 Å². The number of furan rings is 1. The zero-order valence-corrected chi connectivity index (χ0v) is 12.6. The molecule has 3 rings (SSSR count). The summed E-state index contributed by atoms with van der Waals surface area (Å²) >= 11 is 1.21. The Balaban J connectivity index is 2.12. The molecular formula is C16H15NO3S. The van der Waals surface area contributed by atoms with E-state index in [2.05, 4.69) is 18.8 Å². The Morgan fingerprint density at radius 1 is 1.38 bits per heavy atom. The van der Waals surface area contributed by atoms with Crippen LogP contribution in [0.25, 0.3) is 21.5 Å². The van der Waals surface area contributed by atoms with Crippen molar-refractivity contribution in [2.45, 2.75) is 20.3 Å². The third kappa shape index (κ3) is 2.56. The first-order chi connectivity index (χ1) is 10.1. The Hall–Kier alpha value is -2.14. The van der Waals surface area contributed by atoms with E-state index in [1.807, 2.05) is 24.3 Å². The Morgan fingerprint density at radius 2 is 2.14 bits per heavy atom. The summed E-state index contributed by atoms with van der Waals surface area (Å²) < 4.78 is 5.51. The van der Waals surface area contributed by atoms with Crippen molar-refractivity contribution in [3.05, 3.63) is 41.1 Å². The molecule has 5 heteroatoms. The van der Waals surface area contributed by atoms with Crippen LogP contribution in [-0.4, -0.2) is 16.1 Å². The van der Waals surface area contributed by atoms with Crippen LogP contribution in [0.15, 0.2) is 34.9 Å². The summed E-state index contributed by atoms with van der Waals surface area (Å²) in [6.45, 7) is 4.11. The van der Waals surface area contributed by atoms with Crippen LogP contribution in [-0.2, 0) is 6.42 Å². The van der Waals surface area contributed by atoms with Crippen molar-refractivity contribution in [3.63, 3.8) is 0 Å². The predicted octanol–water partition coefficient (Wildman–Crippen LogP) is 4.45. The molecule has 4 nitrogen and oxygen atoms in total. The molecule has 0 aliphatic carbocycles. The van der Waals surface area contributed by atoms with Crippen molar-refractivity contribution >= 4 is 28.3 Å². The Kier molecular flexibility index (Phi) is 3.51. The number of benzene rings is 1. The molecule has 2 aromatic heterocycles. The molecule has 0 amide bonds. The van der Waals surface area contributed by atoms with E-state index in [4.69, 9.17) is 4.42 Å². The SMILES string of the molecule is CC(C)Cc1nc(-c2coc3ccccc23)sc1C(=O)O. The lowest BCUT2D eigenvalue weighted by molar-refractivity contribution is 0.0700.